The molecule has 116 valence electrons. The van der Waals surface area contributed by atoms with E-state index >= 15 is 0 Å². The van der Waals surface area contributed by atoms with E-state index in [1.807, 2.05) is 10.3 Å². The summed E-state index contributed by atoms with van der Waals surface area (Å²) in [5.41, 5.74) is 0.837. The molecule has 0 saturated carbocycles. The lowest BCUT2D eigenvalue weighted by Gasteiger charge is -2.35. The van der Waals surface area contributed by atoms with Gasteiger partial charge in [0.1, 0.15) is 0 Å². The van der Waals surface area contributed by atoms with Crippen LogP contribution in [-0.4, -0.2) is 39.5 Å². The van der Waals surface area contributed by atoms with Crippen LogP contribution in [0.4, 0.5) is 0 Å². The van der Waals surface area contributed by atoms with Crippen molar-refractivity contribution in [1.82, 2.24) is 9.88 Å². The first-order chi connectivity index (χ1) is 10.1. The number of hydrogen-bond donors (Lipinski definition) is 1. The second kappa shape index (κ2) is 7.54. The number of rotatable bonds is 6. The van der Waals surface area contributed by atoms with Crippen LogP contribution < -0.4 is 0 Å². The Kier molecular flexibility index (Phi) is 5.73. The number of aryl methyl sites for hydroxylation is 1. The molecule has 0 bridgehead atoms. The van der Waals surface area contributed by atoms with Crippen LogP contribution in [0.15, 0.2) is 5.38 Å². The van der Waals surface area contributed by atoms with Crippen LogP contribution in [0.2, 0.25) is 0 Å². The van der Waals surface area contributed by atoms with Crippen molar-refractivity contribution >= 4 is 23.2 Å². The molecule has 1 unspecified atom stereocenters. The van der Waals surface area contributed by atoms with E-state index in [1.54, 1.807) is 11.3 Å². The van der Waals surface area contributed by atoms with Crippen LogP contribution in [0.3, 0.4) is 0 Å². The van der Waals surface area contributed by atoms with Crippen LogP contribution in [0, 0.1) is 0 Å². The third kappa shape index (κ3) is 4.52. The number of hydrogen-bond acceptors (Lipinski definition) is 4. The predicted octanol–water partition coefficient (Wildman–Crippen LogP) is 2.49. The summed E-state index contributed by atoms with van der Waals surface area (Å²) in [6.45, 7) is 2.80. The van der Waals surface area contributed by atoms with E-state index in [-0.39, 0.29) is 18.4 Å². The molecular weight excluding hydrogens is 288 g/mol. The Morgan fingerprint density at radius 3 is 2.95 bits per heavy atom. The highest BCUT2D eigenvalue weighted by Gasteiger charge is 2.27. The molecule has 2 rings (SSSR count). The minimum absolute atomic E-state index is 0.0756. The first-order valence-corrected chi connectivity index (χ1v) is 8.42. The molecule has 0 radical (unpaired) electrons. The van der Waals surface area contributed by atoms with Gasteiger partial charge in [0.2, 0.25) is 5.91 Å². The molecule has 0 aliphatic carbocycles. The van der Waals surface area contributed by atoms with E-state index in [4.69, 9.17) is 5.11 Å². The number of nitrogens with zero attached hydrogens (tertiary/aromatic N) is 2. The molecule has 1 amide bonds. The molecule has 1 saturated heterocycles. The Bertz CT molecular complexity index is 501. The van der Waals surface area contributed by atoms with Crippen molar-refractivity contribution in [2.75, 3.05) is 6.54 Å². The van der Waals surface area contributed by atoms with Crippen LogP contribution >= 0.6 is 11.3 Å². The van der Waals surface area contributed by atoms with Gasteiger partial charge in [-0.1, -0.05) is 6.92 Å². The van der Waals surface area contributed by atoms with Crippen molar-refractivity contribution in [3.05, 3.63) is 16.1 Å². The zero-order chi connectivity index (χ0) is 15.2. The summed E-state index contributed by atoms with van der Waals surface area (Å²) < 4.78 is 0. The monoisotopic (exact) mass is 310 g/mol. The molecule has 21 heavy (non-hydrogen) atoms. The fraction of sp³-hybridized carbons (Fsp3) is 0.667. The number of carbonyl (C=O) groups is 2. The molecule has 0 aromatic carbocycles. The Hall–Kier alpha value is -1.43. The number of carboxylic acid groups (broad SMARTS) is 1. The van der Waals surface area contributed by atoms with E-state index in [0.717, 1.165) is 42.9 Å². The van der Waals surface area contributed by atoms with Gasteiger partial charge in [-0.3, -0.25) is 9.59 Å². The van der Waals surface area contributed by atoms with Gasteiger partial charge >= 0.3 is 5.97 Å². The minimum atomic E-state index is -0.792. The molecule has 1 atom stereocenters. The molecule has 1 aliphatic rings. The van der Waals surface area contributed by atoms with E-state index in [0.29, 0.717) is 12.8 Å². The largest absolute Gasteiger partial charge is 0.481 e. The number of aromatic nitrogens is 1. The van der Waals surface area contributed by atoms with Crippen molar-refractivity contribution in [2.45, 2.75) is 57.9 Å². The molecule has 2 heterocycles. The summed E-state index contributed by atoms with van der Waals surface area (Å²) in [5, 5.41) is 11.8. The standard InChI is InChI=1S/C15H22N2O3S/c1-2-13-16-11(10-21-13)9-14(18)17-8-4-3-5-12(17)6-7-15(19)20/h10,12H,2-9H2,1H3,(H,19,20). The van der Waals surface area contributed by atoms with Crippen LogP contribution in [0.25, 0.3) is 0 Å². The molecule has 1 fully saturated rings. The van der Waals surface area contributed by atoms with Crippen LogP contribution in [0.5, 0.6) is 0 Å². The summed E-state index contributed by atoms with van der Waals surface area (Å²) in [6.07, 6.45) is 4.90. The maximum atomic E-state index is 12.5. The van der Waals surface area contributed by atoms with Gasteiger partial charge in [-0.2, -0.15) is 0 Å². The summed E-state index contributed by atoms with van der Waals surface area (Å²) in [4.78, 5) is 29.5. The summed E-state index contributed by atoms with van der Waals surface area (Å²) in [7, 11) is 0. The van der Waals surface area contributed by atoms with Gasteiger partial charge in [0.25, 0.3) is 0 Å². The molecular formula is C15H22N2O3S. The molecule has 5 nitrogen and oxygen atoms in total. The summed E-state index contributed by atoms with van der Waals surface area (Å²) in [6, 6.07) is 0.0756. The van der Waals surface area contributed by atoms with Gasteiger partial charge in [0, 0.05) is 24.4 Å². The van der Waals surface area contributed by atoms with E-state index in [2.05, 4.69) is 11.9 Å². The number of piperidine rings is 1. The Labute approximate surface area is 129 Å². The Balaban J connectivity index is 1.95. The number of thiazole rings is 1. The van der Waals surface area contributed by atoms with Crippen molar-refractivity contribution in [3.8, 4) is 0 Å². The Morgan fingerprint density at radius 2 is 2.29 bits per heavy atom. The van der Waals surface area contributed by atoms with Gasteiger partial charge in [0.05, 0.1) is 17.1 Å². The zero-order valence-corrected chi connectivity index (χ0v) is 13.2. The second-order valence-corrected chi connectivity index (χ2v) is 6.37. The van der Waals surface area contributed by atoms with Gasteiger partial charge in [-0.25, -0.2) is 4.98 Å². The van der Waals surface area contributed by atoms with Crippen LogP contribution in [-0.2, 0) is 22.4 Å². The topological polar surface area (TPSA) is 70.5 Å². The highest BCUT2D eigenvalue weighted by Crippen LogP contribution is 2.22. The highest BCUT2D eigenvalue weighted by molar-refractivity contribution is 7.09. The molecule has 1 aromatic heterocycles. The lowest BCUT2D eigenvalue weighted by atomic mass is 9.97. The molecule has 1 aromatic rings. The zero-order valence-electron chi connectivity index (χ0n) is 12.4. The van der Waals surface area contributed by atoms with Crippen molar-refractivity contribution in [2.24, 2.45) is 0 Å². The first-order valence-electron chi connectivity index (χ1n) is 7.54. The fourth-order valence-electron chi connectivity index (χ4n) is 2.77. The third-order valence-electron chi connectivity index (χ3n) is 3.87. The average molecular weight is 310 g/mol. The number of amides is 1. The highest BCUT2D eigenvalue weighted by atomic mass is 32.1. The lowest BCUT2D eigenvalue weighted by molar-refractivity contribution is -0.139. The summed E-state index contributed by atoms with van der Waals surface area (Å²) in [5.74, 6) is -0.710. The van der Waals surface area contributed by atoms with Gasteiger partial charge < -0.3 is 10.0 Å². The smallest absolute Gasteiger partial charge is 0.303 e. The number of carboxylic acids is 1. The normalized spacial score (nSPS) is 18.7. The van der Waals surface area contributed by atoms with Crippen LogP contribution in [0.1, 0.15) is 49.7 Å². The third-order valence-corrected chi connectivity index (χ3v) is 4.91. The summed E-state index contributed by atoms with van der Waals surface area (Å²) >= 11 is 1.59. The Morgan fingerprint density at radius 1 is 1.48 bits per heavy atom. The van der Waals surface area contributed by atoms with Crippen molar-refractivity contribution in [1.29, 1.82) is 0 Å². The van der Waals surface area contributed by atoms with Crippen molar-refractivity contribution in [3.63, 3.8) is 0 Å². The molecule has 1 N–H and O–H groups in total. The fourth-order valence-corrected chi connectivity index (χ4v) is 3.51. The molecule has 1 aliphatic heterocycles. The maximum absolute atomic E-state index is 12.5. The van der Waals surface area contributed by atoms with Crippen molar-refractivity contribution < 1.29 is 14.7 Å². The van der Waals surface area contributed by atoms with E-state index in [1.165, 1.54) is 0 Å². The van der Waals surface area contributed by atoms with Gasteiger partial charge in [0.15, 0.2) is 0 Å². The first kappa shape index (κ1) is 15.9. The molecule has 6 heteroatoms. The average Bonchev–Trinajstić information content (AvgIpc) is 2.93. The predicted molar refractivity (Wildman–Crippen MR) is 81.4 cm³/mol. The van der Waals surface area contributed by atoms with Gasteiger partial charge in [-0.05, 0) is 32.1 Å². The molecule has 0 spiro atoms. The number of likely N-dealkylation sites (tertiary alicyclic amines) is 1. The SMILES string of the molecule is CCc1nc(CC(=O)N2CCCCC2CCC(=O)O)cs1. The second-order valence-electron chi connectivity index (χ2n) is 5.43. The van der Waals surface area contributed by atoms with Gasteiger partial charge in [-0.15, -0.1) is 11.3 Å². The van der Waals surface area contributed by atoms with E-state index in [9.17, 15) is 9.59 Å². The lowest BCUT2D eigenvalue weighted by Crippen LogP contribution is -2.44. The number of aliphatic carboxylic acids is 1. The minimum Gasteiger partial charge on any atom is -0.481 e. The van der Waals surface area contributed by atoms with E-state index < -0.39 is 5.97 Å². The number of carbonyl (C=O) groups excluding carboxylic acids is 1. The quantitative estimate of drug-likeness (QED) is 0.876. The maximum Gasteiger partial charge on any atom is 0.303 e.